The van der Waals surface area contributed by atoms with E-state index in [4.69, 9.17) is 23.2 Å². The average Bonchev–Trinajstić information content (AvgIpc) is 3.70. The number of allylic oxidation sites excluding steroid dienone is 1. The molecule has 2 heterocycles. The van der Waals surface area contributed by atoms with Gasteiger partial charge in [0.25, 0.3) is 15.9 Å². The van der Waals surface area contributed by atoms with Gasteiger partial charge in [-0.15, -0.1) is 11.8 Å². The lowest BCUT2D eigenvalue weighted by Gasteiger charge is -2.37. The number of likely N-dealkylation sites (tertiary alicyclic amines) is 1. The smallest absolute Gasteiger partial charge is 0.341 e. The first kappa shape index (κ1) is 47.3. The normalized spacial score (nSPS) is 17.5. The quantitative estimate of drug-likeness (QED) is 0.0991. The zero-order valence-electron chi connectivity index (χ0n) is 35.0. The summed E-state index contributed by atoms with van der Waals surface area (Å²) in [5.74, 6) is -4.51. The molecule has 338 valence electrons. The highest BCUT2D eigenvalue weighted by Crippen LogP contribution is 2.39. The Labute approximate surface area is 384 Å². The second kappa shape index (κ2) is 21.5. The van der Waals surface area contributed by atoms with Crippen LogP contribution in [0, 0.1) is 0 Å². The van der Waals surface area contributed by atoms with Gasteiger partial charge in [0.2, 0.25) is 9.84 Å². The Kier molecular flexibility index (Phi) is 16.2. The lowest BCUT2D eigenvalue weighted by molar-refractivity contribution is 0.0981. The third kappa shape index (κ3) is 12.2. The molecule has 0 bridgehead atoms. The number of halogens is 4. The largest absolute Gasteiger partial charge is 0.380 e. The van der Waals surface area contributed by atoms with Crippen molar-refractivity contribution in [2.24, 2.45) is 0 Å². The number of anilines is 2. The number of thioether (sulfide) groups is 1. The average molecular weight is 961 g/mol. The molecule has 2 N–H and O–H groups in total. The number of hydrogen-bond donors (Lipinski definition) is 2. The van der Waals surface area contributed by atoms with Gasteiger partial charge in [-0.25, -0.2) is 21.6 Å². The highest BCUT2D eigenvalue weighted by Gasteiger charge is 2.38. The number of carbonyl (C=O) groups is 1. The van der Waals surface area contributed by atoms with E-state index < -0.39 is 46.3 Å². The summed E-state index contributed by atoms with van der Waals surface area (Å²) in [6, 6.07) is 26.1. The van der Waals surface area contributed by atoms with Crippen LogP contribution < -0.4 is 14.9 Å². The molecule has 17 heteroatoms. The van der Waals surface area contributed by atoms with E-state index in [9.17, 15) is 30.4 Å². The Morgan fingerprint density at radius 1 is 0.746 bits per heavy atom. The molecule has 2 saturated heterocycles. The minimum atomic E-state index is -5.58. The Morgan fingerprint density at radius 2 is 1.43 bits per heavy atom. The van der Waals surface area contributed by atoms with E-state index in [0.29, 0.717) is 12.2 Å². The van der Waals surface area contributed by atoms with Crippen LogP contribution >= 0.6 is 35.0 Å². The molecular weight excluding hydrogens is 908 g/mol. The fourth-order valence-corrected chi connectivity index (χ4v) is 12.8. The predicted octanol–water partition coefficient (Wildman–Crippen LogP) is 9.71. The van der Waals surface area contributed by atoms with Crippen molar-refractivity contribution < 1.29 is 30.4 Å². The number of piperazine rings is 1. The van der Waals surface area contributed by atoms with Crippen LogP contribution in [0.25, 0.3) is 5.57 Å². The molecule has 0 spiro atoms. The van der Waals surface area contributed by atoms with E-state index in [2.05, 4.69) is 32.1 Å². The van der Waals surface area contributed by atoms with E-state index in [-0.39, 0.29) is 17.3 Å². The fourth-order valence-electron chi connectivity index (χ4n) is 8.50. The zero-order valence-corrected chi connectivity index (χ0v) is 38.9. The number of carbonyl (C=O) groups excluding carboxylic acids is 1. The molecule has 0 radical (unpaired) electrons. The molecule has 10 nitrogen and oxygen atoms in total. The van der Waals surface area contributed by atoms with Crippen LogP contribution in [0.5, 0.6) is 0 Å². The molecule has 4 aromatic carbocycles. The van der Waals surface area contributed by atoms with Crippen molar-refractivity contribution >= 4 is 77.7 Å². The van der Waals surface area contributed by atoms with Crippen molar-refractivity contribution in [1.29, 1.82) is 0 Å². The maximum absolute atomic E-state index is 14.2. The third-order valence-electron chi connectivity index (χ3n) is 11.9. The Bertz CT molecular complexity index is 2450. The minimum absolute atomic E-state index is 0.0121. The molecule has 1 atom stereocenters. The van der Waals surface area contributed by atoms with Crippen LogP contribution in [-0.2, 0) is 19.9 Å². The lowest BCUT2D eigenvalue weighted by Crippen LogP contribution is -2.47. The molecule has 2 fully saturated rings. The number of benzene rings is 4. The van der Waals surface area contributed by atoms with Crippen LogP contribution in [-0.4, -0.2) is 102 Å². The molecule has 1 aliphatic carbocycles. The van der Waals surface area contributed by atoms with Crippen molar-refractivity contribution in [3.05, 3.63) is 118 Å². The van der Waals surface area contributed by atoms with Gasteiger partial charge in [-0.05, 0) is 130 Å². The van der Waals surface area contributed by atoms with Crippen LogP contribution in [0.2, 0.25) is 10.0 Å². The second-order valence-corrected chi connectivity index (χ2v) is 21.7. The topological polar surface area (TPSA) is 119 Å². The van der Waals surface area contributed by atoms with Gasteiger partial charge in [0.05, 0.1) is 10.7 Å². The number of sulfone groups is 1. The van der Waals surface area contributed by atoms with Gasteiger partial charge in [0.1, 0.15) is 9.79 Å². The summed E-state index contributed by atoms with van der Waals surface area (Å²) < 4.78 is 84.2. The molecule has 2 aliphatic heterocycles. The Balaban J connectivity index is 1.02. The van der Waals surface area contributed by atoms with Gasteiger partial charge in [-0.1, -0.05) is 65.5 Å². The first-order valence-corrected chi connectivity index (χ1v) is 26.2. The molecular formula is C46H53Cl2F2N5O5S3. The van der Waals surface area contributed by atoms with E-state index in [1.807, 2.05) is 47.2 Å². The van der Waals surface area contributed by atoms with Crippen molar-refractivity contribution in [2.75, 3.05) is 68.3 Å². The summed E-state index contributed by atoms with van der Waals surface area (Å²) in [6.07, 6.45) is 8.51. The SMILES string of the molecule is O=C(NS(=O)(=O)c1ccc(N[C@H](CCN2CCCC2)CSc2ccccc2)c(Cl)c1S(=O)(=O)C(F)F)c1ccc(N2CCN(CC3=C(c4ccc(Cl)cc4)CCCCC3)CC2)cc1. The molecule has 63 heavy (non-hydrogen) atoms. The number of sulfonamides is 1. The van der Waals surface area contributed by atoms with Gasteiger partial charge in [0, 0.05) is 72.2 Å². The van der Waals surface area contributed by atoms with Crippen LogP contribution in [0.15, 0.2) is 111 Å². The maximum atomic E-state index is 14.2. The molecule has 0 saturated carbocycles. The number of hydrogen-bond acceptors (Lipinski definition) is 10. The third-order valence-corrected chi connectivity index (χ3v) is 16.8. The number of nitrogens with zero attached hydrogens (tertiary/aromatic N) is 3. The monoisotopic (exact) mass is 959 g/mol. The van der Waals surface area contributed by atoms with E-state index in [0.717, 1.165) is 99.7 Å². The summed E-state index contributed by atoms with van der Waals surface area (Å²) in [5, 5.41) is 3.25. The molecule has 1 amide bonds. The second-order valence-electron chi connectivity index (χ2n) is 16.3. The number of alkyl halides is 2. The Morgan fingerprint density at radius 3 is 2.11 bits per heavy atom. The highest BCUT2D eigenvalue weighted by atomic mass is 35.5. The first-order chi connectivity index (χ1) is 30.3. The van der Waals surface area contributed by atoms with Crippen LogP contribution in [0.1, 0.15) is 67.3 Å². The van der Waals surface area contributed by atoms with Gasteiger partial charge in [-0.3, -0.25) is 9.69 Å². The minimum Gasteiger partial charge on any atom is -0.380 e. The predicted molar refractivity (Wildman–Crippen MR) is 251 cm³/mol. The van der Waals surface area contributed by atoms with Gasteiger partial charge in [-0.2, -0.15) is 8.78 Å². The molecule has 4 aromatic rings. The first-order valence-electron chi connectivity index (χ1n) is 21.4. The van der Waals surface area contributed by atoms with Gasteiger partial charge < -0.3 is 15.1 Å². The summed E-state index contributed by atoms with van der Waals surface area (Å²) in [5.41, 5.74) is 4.96. The standard InChI is InChI=1S/C46H53Cl2F2N5O5S3/c47-36-17-13-33(14-18-36)40-12-6-1-3-9-35(40)31-54-27-29-55(30-28-54)38-19-15-34(16-20-38)45(56)52-63(59,60)42-22-21-41(43(48)44(42)62(57,58)46(49)50)51-37(23-26-53-24-7-8-25-53)32-61-39-10-4-2-5-11-39/h2,4-5,10-11,13-22,37,46,51H,1,3,6-9,12,23-32H2,(H,52,56)/t37-/m1/s1. The maximum Gasteiger partial charge on any atom is 0.341 e. The van der Waals surface area contributed by atoms with Crippen molar-refractivity contribution in [3.8, 4) is 0 Å². The number of amides is 1. The summed E-state index contributed by atoms with van der Waals surface area (Å²) in [4.78, 5) is 19.1. The van der Waals surface area contributed by atoms with Crippen molar-refractivity contribution in [1.82, 2.24) is 14.5 Å². The molecule has 0 unspecified atom stereocenters. The number of rotatable bonds is 17. The van der Waals surface area contributed by atoms with E-state index >= 15 is 0 Å². The lowest BCUT2D eigenvalue weighted by atomic mass is 9.95. The zero-order chi connectivity index (χ0) is 44.6. The Hall–Kier alpha value is -3.70. The molecule has 3 aliphatic rings. The molecule has 0 aromatic heterocycles. The highest BCUT2D eigenvalue weighted by molar-refractivity contribution is 7.99. The molecule has 7 rings (SSSR count). The van der Waals surface area contributed by atoms with Crippen LogP contribution in [0.4, 0.5) is 20.2 Å². The number of nitrogens with one attached hydrogen (secondary N) is 2. The van der Waals surface area contributed by atoms with Crippen molar-refractivity contribution in [2.45, 2.75) is 77.9 Å². The van der Waals surface area contributed by atoms with Crippen LogP contribution in [0.3, 0.4) is 0 Å². The summed E-state index contributed by atoms with van der Waals surface area (Å²) in [6.45, 7) is 6.75. The fraction of sp³-hybridized carbons (Fsp3) is 0.413. The summed E-state index contributed by atoms with van der Waals surface area (Å²) >= 11 is 14.3. The summed E-state index contributed by atoms with van der Waals surface area (Å²) in [7, 11) is -10.6. The van der Waals surface area contributed by atoms with Gasteiger partial charge in [0.15, 0.2) is 0 Å². The van der Waals surface area contributed by atoms with Crippen molar-refractivity contribution in [3.63, 3.8) is 0 Å². The van der Waals surface area contributed by atoms with E-state index in [1.165, 1.54) is 54.2 Å². The van der Waals surface area contributed by atoms with E-state index in [1.54, 1.807) is 23.9 Å². The van der Waals surface area contributed by atoms with Gasteiger partial charge >= 0.3 is 5.76 Å².